The molecule has 1 aromatic rings. The van der Waals surface area contributed by atoms with Gasteiger partial charge in [0, 0.05) is 13.1 Å². The van der Waals surface area contributed by atoms with Gasteiger partial charge in [-0.15, -0.1) is 0 Å². The van der Waals surface area contributed by atoms with Gasteiger partial charge >= 0.3 is 5.97 Å². The maximum absolute atomic E-state index is 12.5. The van der Waals surface area contributed by atoms with E-state index in [0.717, 1.165) is 24.8 Å². The SMILES string of the molecule is CCCCC(NC(=O)C1CCCN(C(=O)Cc2ccccc2)C1)C(=O)O. The van der Waals surface area contributed by atoms with Crippen molar-refractivity contribution in [2.24, 2.45) is 5.92 Å². The number of carboxylic acids is 1. The van der Waals surface area contributed by atoms with Crippen LogP contribution in [0.25, 0.3) is 0 Å². The number of carbonyl (C=O) groups excluding carboxylic acids is 2. The van der Waals surface area contributed by atoms with Crippen LogP contribution >= 0.6 is 0 Å². The smallest absolute Gasteiger partial charge is 0.326 e. The molecule has 6 heteroatoms. The Balaban J connectivity index is 1.90. The average molecular weight is 360 g/mol. The van der Waals surface area contributed by atoms with Crippen LogP contribution in [0.4, 0.5) is 0 Å². The summed E-state index contributed by atoms with van der Waals surface area (Å²) < 4.78 is 0. The van der Waals surface area contributed by atoms with Crippen LogP contribution in [0.1, 0.15) is 44.6 Å². The van der Waals surface area contributed by atoms with E-state index in [2.05, 4.69) is 5.32 Å². The molecule has 2 amide bonds. The summed E-state index contributed by atoms with van der Waals surface area (Å²) in [7, 11) is 0. The fourth-order valence-electron chi connectivity index (χ4n) is 3.26. The van der Waals surface area contributed by atoms with Crippen LogP contribution in [-0.4, -0.2) is 46.9 Å². The number of benzene rings is 1. The van der Waals surface area contributed by atoms with Crippen molar-refractivity contribution in [1.29, 1.82) is 0 Å². The molecule has 0 radical (unpaired) electrons. The van der Waals surface area contributed by atoms with Crippen LogP contribution in [0.15, 0.2) is 30.3 Å². The molecule has 1 saturated heterocycles. The number of carbonyl (C=O) groups is 3. The van der Waals surface area contributed by atoms with Crippen molar-refractivity contribution >= 4 is 17.8 Å². The second-order valence-electron chi connectivity index (χ2n) is 6.88. The van der Waals surface area contributed by atoms with Gasteiger partial charge in [0.1, 0.15) is 6.04 Å². The number of unbranched alkanes of at least 4 members (excludes halogenated alkanes) is 1. The summed E-state index contributed by atoms with van der Waals surface area (Å²) in [5.74, 6) is -1.59. The van der Waals surface area contributed by atoms with Crippen LogP contribution in [0.3, 0.4) is 0 Å². The van der Waals surface area contributed by atoms with Crippen LogP contribution in [0.2, 0.25) is 0 Å². The molecule has 1 heterocycles. The first-order chi connectivity index (χ1) is 12.5. The van der Waals surface area contributed by atoms with Crippen molar-refractivity contribution in [1.82, 2.24) is 10.2 Å². The van der Waals surface area contributed by atoms with E-state index < -0.39 is 12.0 Å². The first kappa shape index (κ1) is 19.9. The lowest BCUT2D eigenvalue weighted by Crippen LogP contribution is -2.49. The van der Waals surface area contributed by atoms with Crippen LogP contribution in [0.5, 0.6) is 0 Å². The minimum absolute atomic E-state index is 0.00877. The second-order valence-corrected chi connectivity index (χ2v) is 6.88. The lowest BCUT2D eigenvalue weighted by molar-refractivity contribution is -0.144. The Morgan fingerprint density at radius 3 is 2.65 bits per heavy atom. The van der Waals surface area contributed by atoms with Crippen LogP contribution in [0, 0.1) is 5.92 Å². The van der Waals surface area contributed by atoms with Gasteiger partial charge in [-0.05, 0) is 24.8 Å². The van der Waals surface area contributed by atoms with Gasteiger partial charge in [-0.25, -0.2) is 4.79 Å². The van der Waals surface area contributed by atoms with Gasteiger partial charge in [-0.2, -0.15) is 0 Å². The number of rotatable bonds is 8. The van der Waals surface area contributed by atoms with Gasteiger partial charge < -0.3 is 15.3 Å². The number of likely N-dealkylation sites (tertiary alicyclic amines) is 1. The molecule has 142 valence electrons. The molecule has 0 bridgehead atoms. The lowest BCUT2D eigenvalue weighted by atomic mass is 9.95. The zero-order chi connectivity index (χ0) is 18.9. The maximum Gasteiger partial charge on any atom is 0.326 e. The highest BCUT2D eigenvalue weighted by atomic mass is 16.4. The molecule has 2 N–H and O–H groups in total. The summed E-state index contributed by atoms with van der Waals surface area (Å²) in [6.45, 7) is 2.99. The molecule has 1 aliphatic rings. The first-order valence-electron chi connectivity index (χ1n) is 9.36. The minimum Gasteiger partial charge on any atom is -0.480 e. The van der Waals surface area contributed by atoms with Crippen LogP contribution < -0.4 is 5.32 Å². The molecular formula is C20H28N2O4. The fraction of sp³-hybridized carbons (Fsp3) is 0.550. The average Bonchev–Trinajstić information content (AvgIpc) is 2.65. The molecule has 26 heavy (non-hydrogen) atoms. The molecule has 2 unspecified atom stereocenters. The molecular weight excluding hydrogens is 332 g/mol. The third kappa shape index (κ3) is 5.86. The number of amides is 2. The summed E-state index contributed by atoms with van der Waals surface area (Å²) in [5.41, 5.74) is 0.953. The number of carboxylic acid groups (broad SMARTS) is 1. The molecule has 0 spiro atoms. The Morgan fingerprint density at radius 2 is 2.00 bits per heavy atom. The lowest BCUT2D eigenvalue weighted by Gasteiger charge is -2.32. The quantitative estimate of drug-likeness (QED) is 0.744. The number of hydrogen-bond donors (Lipinski definition) is 2. The molecule has 2 atom stereocenters. The zero-order valence-corrected chi connectivity index (χ0v) is 15.3. The van der Waals surface area contributed by atoms with E-state index in [0.29, 0.717) is 32.4 Å². The Hall–Kier alpha value is -2.37. The minimum atomic E-state index is -1.00. The summed E-state index contributed by atoms with van der Waals surface area (Å²) in [6, 6.07) is 8.69. The van der Waals surface area contributed by atoms with E-state index in [-0.39, 0.29) is 17.7 Å². The molecule has 1 aromatic carbocycles. The number of piperidine rings is 1. The monoisotopic (exact) mass is 360 g/mol. The van der Waals surface area contributed by atoms with Gasteiger partial charge in [0.15, 0.2) is 0 Å². The highest BCUT2D eigenvalue weighted by molar-refractivity contribution is 5.86. The topological polar surface area (TPSA) is 86.7 Å². The summed E-state index contributed by atoms with van der Waals surface area (Å²) in [5, 5.41) is 11.9. The van der Waals surface area contributed by atoms with E-state index in [1.165, 1.54) is 0 Å². The number of hydrogen-bond acceptors (Lipinski definition) is 3. The Morgan fingerprint density at radius 1 is 1.27 bits per heavy atom. The summed E-state index contributed by atoms with van der Waals surface area (Å²) in [6.07, 6.45) is 3.82. The largest absolute Gasteiger partial charge is 0.480 e. The van der Waals surface area contributed by atoms with Gasteiger partial charge in [0.25, 0.3) is 0 Å². The Bertz CT molecular complexity index is 617. The molecule has 0 saturated carbocycles. The van der Waals surface area contributed by atoms with Gasteiger partial charge in [0.2, 0.25) is 11.8 Å². The fourth-order valence-corrected chi connectivity index (χ4v) is 3.26. The Kier molecular flexibility index (Phi) is 7.63. The molecule has 1 aliphatic heterocycles. The molecule has 2 rings (SSSR count). The zero-order valence-electron chi connectivity index (χ0n) is 15.3. The highest BCUT2D eigenvalue weighted by Crippen LogP contribution is 2.18. The van der Waals surface area contributed by atoms with Gasteiger partial charge in [-0.3, -0.25) is 9.59 Å². The summed E-state index contributed by atoms with van der Waals surface area (Å²) in [4.78, 5) is 38.0. The normalized spacial score (nSPS) is 18.2. The standard InChI is InChI=1S/C20H28N2O4/c1-2-3-11-17(20(25)26)21-19(24)16-10-7-12-22(14-16)18(23)13-15-8-5-4-6-9-15/h4-6,8-9,16-17H,2-3,7,10-14H2,1H3,(H,21,24)(H,25,26). The maximum atomic E-state index is 12.5. The molecule has 6 nitrogen and oxygen atoms in total. The predicted octanol–water partition coefficient (Wildman–Crippen LogP) is 2.23. The Labute approximate surface area is 154 Å². The molecule has 0 aliphatic carbocycles. The highest BCUT2D eigenvalue weighted by Gasteiger charge is 2.30. The van der Waals surface area contributed by atoms with E-state index in [1.807, 2.05) is 37.3 Å². The van der Waals surface area contributed by atoms with Crippen molar-refractivity contribution in [3.05, 3.63) is 35.9 Å². The van der Waals surface area contributed by atoms with Gasteiger partial charge in [-0.1, -0.05) is 50.1 Å². The first-order valence-corrected chi connectivity index (χ1v) is 9.36. The molecule has 1 fully saturated rings. The predicted molar refractivity (Wildman–Crippen MR) is 98.5 cm³/mol. The van der Waals surface area contributed by atoms with Gasteiger partial charge in [0.05, 0.1) is 12.3 Å². The molecule has 0 aromatic heterocycles. The van der Waals surface area contributed by atoms with E-state index in [1.54, 1.807) is 4.90 Å². The second kappa shape index (κ2) is 9.94. The number of nitrogens with zero attached hydrogens (tertiary/aromatic N) is 1. The van der Waals surface area contributed by atoms with Crippen molar-refractivity contribution in [3.8, 4) is 0 Å². The van der Waals surface area contributed by atoms with Crippen molar-refractivity contribution in [2.75, 3.05) is 13.1 Å². The summed E-state index contributed by atoms with van der Waals surface area (Å²) >= 11 is 0. The third-order valence-electron chi connectivity index (χ3n) is 4.80. The number of nitrogens with one attached hydrogen (secondary N) is 1. The number of aliphatic carboxylic acids is 1. The van der Waals surface area contributed by atoms with E-state index in [9.17, 15) is 19.5 Å². The van der Waals surface area contributed by atoms with E-state index >= 15 is 0 Å². The third-order valence-corrected chi connectivity index (χ3v) is 4.80. The van der Waals surface area contributed by atoms with Crippen molar-refractivity contribution in [2.45, 2.75) is 51.5 Å². The van der Waals surface area contributed by atoms with Crippen molar-refractivity contribution in [3.63, 3.8) is 0 Å². The van der Waals surface area contributed by atoms with E-state index in [4.69, 9.17) is 0 Å². The van der Waals surface area contributed by atoms with Crippen molar-refractivity contribution < 1.29 is 19.5 Å². The van der Waals surface area contributed by atoms with Crippen LogP contribution in [-0.2, 0) is 20.8 Å².